The number of amides is 2. The third-order valence-corrected chi connectivity index (χ3v) is 5.57. The van der Waals surface area contributed by atoms with Gasteiger partial charge in [-0.1, -0.05) is 55.5 Å². The molecule has 1 aliphatic rings. The maximum atomic E-state index is 13.3. The fourth-order valence-corrected chi connectivity index (χ4v) is 3.72. The van der Waals surface area contributed by atoms with Crippen molar-refractivity contribution in [2.24, 2.45) is 0 Å². The third-order valence-electron chi connectivity index (χ3n) is 5.29. The minimum absolute atomic E-state index is 0.00462. The van der Waals surface area contributed by atoms with Crippen LogP contribution in [-0.4, -0.2) is 16.9 Å². The second-order valence-electron chi connectivity index (χ2n) is 7.89. The van der Waals surface area contributed by atoms with Crippen LogP contribution in [-0.2, 0) is 9.59 Å². The van der Waals surface area contributed by atoms with Gasteiger partial charge in [-0.2, -0.15) is 0 Å². The molecule has 0 aliphatic carbocycles. The molecule has 3 aromatic rings. The molecule has 0 saturated carbocycles. The van der Waals surface area contributed by atoms with Crippen LogP contribution in [0.1, 0.15) is 37.3 Å². The van der Waals surface area contributed by atoms with Crippen molar-refractivity contribution in [3.05, 3.63) is 95.6 Å². The summed E-state index contributed by atoms with van der Waals surface area (Å²) in [4.78, 5) is 27.1. The fourth-order valence-electron chi connectivity index (χ4n) is 3.44. The van der Waals surface area contributed by atoms with Gasteiger partial charge in [0.15, 0.2) is 5.11 Å². The van der Waals surface area contributed by atoms with Gasteiger partial charge in [0, 0.05) is 12.0 Å². The van der Waals surface area contributed by atoms with Gasteiger partial charge in [0.2, 0.25) is 0 Å². The summed E-state index contributed by atoms with van der Waals surface area (Å²) in [5.74, 6) is 6.60. The highest BCUT2D eigenvalue weighted by atomic mass is 32.1. The van der Waals surface area contributed by atoms with Crippen molar-refractivity contribution >= 4 is 40.9 Å². The lowest BCUT2D eigenvalue weighted by molar-refractivity contribution is -0.122. The van der Waals surface area contributed by atoms with Crippen molar-refractivity contribution in [1.29, 1.82) is 0 Å². The largest absolute Gasteiger partial charge is 0.457 e. The first-order valence-electron chi connectivity index (χ1n) is 11.4. The molecule has 1 saturated heterocycles. The first-order chi connectivity index (χ1) is 17.0. The molecule has 1 aliphatic heterocycles. The van der Waals surface area contributed by atoms with E-state index in [1.165, 1.54) is 4.90 Å². The molecule has 2 amide bonds. The number of anilines is 1. The number of para-hydroxylation sites is 1. The molecular weight excluding hydrogens is 456 g/mol. The summed E-state index contributed by atoms with van der Waals surface area (Å²) in [6, 6.07) is 23.8. The predicted molar refractivity (Wildman–Crippen MR) is 142 cm³/mol. The molecule has 4 rings (SSSR count). The first-order valence-corrected chi connectivity index (χ1v) is 11.8. The first kappa shape index (κ1) is 23.9. The summed E-state index contributed by atoms with van der Waals surface area (Å²) in [5, 5.41) is 2.64. The van der Waals surface area contributed by atoms with Crippen molar-refractivity contribution in [2.75, 3.05) is 4.90 Å². The molecule has 3 aromatic carbocycles. The number of hydrogen-bond donors (Lipinski definition) is 1. The Kier molecular flexibility index (Phi) is 7.71. The van der Waals surface area contributed by atoms with Crippen LogP contribution in [0, 0.1) is 11.8 Å². The summed E-state index contributed by atoms with van der Waals surface area (Å²) in [6.45, 7) is 2.13. The second kappa shape index (κ2) is 11.3. The Morgan fingerprint density at radius 2 is 1.63 bits per heavy atom. The SMILES string of the molecule is CCCCC#Cc1ccc(C=C2C(=O)NC(=S)N(c3ccc(Oc4ccccc4)cc3)C2=O)cc1. The minimum Gasteiger partial charge on any atom is -0.457 e. The van der Waals surface area contributed by atoms with E-state index in [0.717, 1.165) is 30.4 Å². The number of rotatable bonds is 6. The van der Waals surface area contributed by atoms with E-state index in [0.29, 0.717) is 17.2 Å². The van der Waals surface area contributed by atoms with Crippen molar-refractivity contribution in [1.82, 2.24) is 5.32 Å². The predicted octanol–water partition coefficient (Wildman–Crippen LogP) is 5.85. The number of nitrogens with one attached hydrogen (secondary N) is 1. The number of unbranched alkanes of at least 4 members (excludes halogenated alkanes) is 2. The number of thiocarbonyl (C=S) groups is 1. The van der Waals surface area contributed by atoms with Gasteiger partial charge in [-0.3, -0.25) is 19.8 Å². The molecular formula is C29H24N2O3S. The number of carbonyl (C=O) groups excluding carboxylic acids is 2. The van der Waals surface area contributed by atoms with Crippen LogP contribution in [0.5, 0.6) is 11.5 Å². The monoisotopic (exact) mass is 480 g/mol. The quantitative estimate of drug-likeness (QED) is 0.158. The van der Waals surface area contributed by atoms with Gasteiger partial charge in [0.1, 0.15) is 17.1 Å². The zero-order chi connectivity index (χ0) is 24.6. The van der Waals surface area contributed by atoms with E-state index in [2.05, 4.69) is 24.1 Å². The third kappa shape index (κ3) is 6.03. The smallest absolute Gasteiger partial charge is 0.270 e. The number of benzene rings is 3. The van der Waals surface area contributed by atoms with Crippen LogP contribution in [0.3, 0.4) is 0 Å². The van der Waals surface area contributed by atoms with Gasteiger partial charge in [0.05, 0.1) is 5.69 Å². The molecule has 1 N–H and O–H groups in total. The van der Waals surface area contributed by atoms with E-state index in [1.54, 1.807) is 30.3 Å². The van der Waals surface area contributed by atoms with E-state index in [4.69, 9.17) is 17.0 Å². The van der Waals surface area contributed by atoms with Gasteiger partial charge in [-0.25, -0.2) is 0 Å². The van der Waals surface area contributed by atoms with Crippen LogP contribution in [0.25, 0.3) is 6.08 Å². The highest BCUT2D eigenvalue weighted by Crippen LogP contribution is 2.27. The summed E-state index contributed by atoms with van der Waals surface area (Å²) < 4.78 is 5.81. The summed E-state index contributed by atoms with van der Waals surface area (Å²) in [7, 11) is 0. The number of hydrogen-bond acceptors (Lipinski definition) is 4. The molecule has 1 heterocycles. The maximum absolute atomic E-state index is 13.3. The topological polar surface area (TPSA) is 58.6 Å². The average molecular weight is 481 g/mol. The molecule has 5 nitrogen and oxygen atoms in total. The van der Waals surface area contributed by atoms with Crippen LogP contribution in [0.2, 0.25) is 0 Å². The van der Waals surface area contributed by atoms with Gasteiger partial charge < -0.3 is 4.74 Å². The number of ether oxygens (including phenoxy) is 1. The number of carbonyl (C=O) groups is 2. The normalized spacial score (nSPS) is 14.4. The van der Waals surface area contributed by atoms with Gasteiger partial charge in [-0.15, -0.1) is 0 Å². The summed E-state index contributed by atoms with van der Waals surface area (Å²) in [6.07, 6.45) is 4.62. The molecule has 0 atom stereocenters. The van der Waals surface area contributed by atoms with Gasteiger partial charge >= 0.3 is 0 Å². The van der Waals surface area contributed by atoms with Crippen molar-refractivity contribution in [3.63, 3.8) is 0 Å². The highest BCUT2D eigenvalue weighted by Gasteiger charge is 2.34. The Morgan fingerprint density at radius 3 is 2.31 bits per heavy atom. The van der Waals surface area contributed by atoms with E-state index in [9.17, 15) is 9.59 Å². The van der Waals surface area contributed by atoms with Crippen LogP contribution >= 0.6 is 12.2 Å². The van der Waals surface area contributed by atoms with E-state index >= 15 is 0 Å². The molecule has 0 radical (unpaired) electrons. The molecule has 6 heteroatoms. The minimum atomic E-state index is -0.524. The number of nitrogens with zero attached hydrogens (tertiary/aromatic N) is 1. The van der Waals surface area contributed by atoms with Crippen molar-refractivity contribution in [2.45, 2.75) is 26.2 Å². The van der Waals surface area contributed by atoms with Crippen LogP contribution < -0.4 is 15.0 Å². The lowest BCUT2D eigenvalue weighted by atomic mass is 10.1. The molecule has 0 bridgehead atoms. The Bertz CT molecular complexity index is 1320. The molecule has 0 aromatic heterocycles. The van der Waals surface area contributed by atoms with E-state index in [-0.39, 0.29) is 10.7 Å². The van der Waals surface area contributed by atoms with Crippen molar-refractivity contribution < 1.29 is 14.3 Å². The Morgan fingerprint density at radius 1 is 0.943 bits per heavy atom. The summed E-state index contributed by atoms with van der Waals surface area (Å²) >= 11 is 5.29. The fraction of sp³-hybridized carbons (Fsp3) is 0.138. The average Bonchev–Trinajstić information content (AvgIpc) is 2.87. The standard InChI is InChI=1S/C29H24N2O3S/c1-2-3-4-6-9-21-12-14-22(15-13-21)20-26-27(32)30-29(35)31(28(26)33)23-16-18-25(19-17-23)34-24-10-7-5-8-11-24/h5,7-8,10-20H,2-4H2,1H3,(H,30,32,35). The lowest BCUT2D eigenvalue weighted by Crippen LogP contribution is -2.54. The second-order valence-corrected chi connectivity index (χ2v) is 8.28. The maximum Gasteiger partial charge on any atom is 0.270 e. The van der Waals surface area contributed by atoms with E-state index in [1.807, 2.05) is 54.6 Å². The summed E-state index contributed by atoms with van der Waals surface area (Å²) in [5.41, 5.74) is 2.15. The van der Waals surface area contributed by atoms with Crippen molar-refractivity contribution in [3.8, 4) is 23.3 Å². The highest BCUT2D eigenvalue weighted by molar-refractivity contribution is 7.80. The van der Waals surface area contributed by atoms with Gasteiger partial charge in [0.25, 0.3) is 11.8 Å². The van der Waals surface area contributed by atoms with Gasteiger partial charge in [-0.05, 0) is 78.8 Å². The molecule has 0 spiro atoms. The lowest BCUT2D eigenvalue weighted by Gasteiger charge is -2.29. The van der Waals surface area contributed by atoms with Crippen LogP contribution in [0.4, 0.5) is 5.69 Å². The Balaban J connectivity index is 1.52. The van der Waals surface area contributed by atoms with Crippen LogP contribution in [0.15, 0.2) is 84.4 Å². The molecule has 35 heavy (non-hydrogen) atoms. The molecule has 174 valence electrons. The molecule has 0 unspecified atom stereocenters. The van der Waals surface area contributed by atoms with E-state index < -0.39 is 11.8 Å². The molecule has 1 fully saturated rings. The Hall–Kier alpha value is -4.21. The Labute approximate surface area is 210 Å². The zero-order valence-electron chi connectivity index (χ0n) is 19.3. The zero-order valence-corrected chi connectivity index (χ0v) is 20.1.